The van der Waals surface area contributed by atoms with Crippen molar-refractivity contribution in [2.75, 3.05) is 32.8 Å². The van der Waals surface area contributed by atoms with Gasteiger partial charge in [-0.25, -0.2) is 8.78 Å². The first-order valence-electron chi connectivity index (χ1n) is 6.58. The molecule has 21 heavy (non-hydrogen) atoms. The number of piperazine rings is 1. The summed E-state index contributed by atoms with van der Waals surface area (Å²) in [5, 5.41) is 0. The van der Waals surface area contributed by atoms with E-state index in [4.69, 9.17) is 4.74 Å². The number of carbonyl (C=O) groups is 2. The van der Waals surface area contributed by atoms with Crippen LogP contribution in [0.4, 0.5) is 8.78 Å². The summed E-state index contributed by atoms with van der Waals surface area (Å²) in [4.78, 5) is 26.3. The summed E-state index contributed by atoms with van der Waals surface area (Å²) in [6.07, 6.45) is 0. The minimum Gasteiger partial charge on any atom is -0.481 e. The highest BCUT2D eigenvalue weighted by atomic mass is 19.1. The topological polar surface area (TPSA) is 49.9 Å². The first-order chi connectivity index (χ1) is 9.97. The van der Waals surface area contributed by atoms with Crippen molar-refractivity contribution in [3.8, 4) is 5.75 Å². The molecule has 2 amide bonds. The van der Waals surface area contributed by atoms with E-state index in [0.717, 1.165) is 12.1 Å². The number of hydrogen-bond acceptors (Lipinski definition) is 3. The Hall–Kier alpha value is -2.18. The molecule has 0 aliphatic carbocycles. The zero-order valence-electron chi connectivity index (χ0n) is 11.6. The molecule has 1 aliphatic rings. The monoisotopic (exact) mass is 298 g/mol. The predicted molar refractivity (Wildman–Crippen MR) is 70.7 cm³/mol. The molecule has 2 rings (SSSR count). The molecule has 1 saturated heterocycles. The normalized spacial score (nSPS) is 15.0. The van der Waals surface area contributed by atoms with Gasteiger partial charge >= 0.3 is 0 Å². The van der Waals surface area contributed by atoms with E-state index in [1.54, 1.807) is 9.80 Å². The fourth-order valence-corrected chi connectivity index (χ4v) is 2.09. The van der Waals surface area contributed by atoms with Crippen LogP contribution in [-0.2, 0) is 9.59 Å². The maximum absolute atomic E-state index is 13.3. The van der Waals surface area contributed by atoms with Gasteiger partial charge in [-0.15, -0.1) is 0 Å². The average molecular weight is 298 g/mol. The van der Waals surface area contributed by atoms with Crippen LogP contribution in [0.2, 0.25) is 0 Å². The van der Waals surface area contributed by atoms with Crippen LogP contribution in [-0.4, -0.2) is 54.4 Å². The lowest BCUT2D eigenvalue weighted by atomic mass is 10.3. The molecule has 0 N–H and O–H groups in total. The lowest BCUT2D eigenvalue weighted by molar-refractivity contribution is -0.139. The molecule has 5 nitrogen and oxygen atoms in total. The predicted octanol–water partition coefficient (Wildman–Crippen LogP) is 1.03. The SMILES string of the molecule is CC(=O)N1CCN(C(=O)COc2ccc(F)cc2F)CC1. The molecule has 1 aromatic rings. The van der Waals surface area contributed by atoms with E-state index in [1.165, 1.54) is 6.92 Å². The van der Waals surface area contributed by atoms with Crippen LogP contribution < -0.4 is 4.74 Å². The third-order valence-electron chi connectivity index (χ3n) is 3.32. The standard InChI is InChI=1S/C14H16F2N2O3/c1-10(19)17-4-6-18(7-5-17)14(20)9-21-13-3-2-11(15)8-12(13)16/h2-3,8H,4-7,9H2,1H3. The maximum Gasteiger partial charge on any atom is 0.260 e. The minimum absolute atomic E-state index is 0.0215. The van der Waals surface area contributed by atoms with Crippen molar-refractivity contribution in [2.45, 2.75) is 6.92 Å². The lowest BCUT2D eigenvalue weighted by Gasteiger charge is -2.34. The van der Waals surface area contributed by atoms with Crippen LogP contribution in [0.3, 0.4) is 0 Å². The highest BCUT2D eigenvalue weighted by molar-refractivity contribution is 5.78. The van der Waals surface area contributed by atoms with Gasteiger partial charge in [0.25, 0.3) is 5.91 Å². The Morgan fingerprint density at radius 3 is 2.33 bits per heavy atom. The van der Waals surface area contributed by atoms with Crippen molar-refractivity contribution >= 4 is 11.8 Å². The second-order valence-corrected chi connectivity index (χ2v) is 4.75. The summed E-state index contributed by atoms with van der Waals surface area (Å²) >= 11 is 0. The van der Waals surface area contributed by atoms with Crippen molar-refractivity contribution in [1.82, 2.24) is 9.80 Å². The number of carbonyl (C=O) groups excluding carboxylic acids is 2. The minimum atomic E-state index is -0.843. The van der Waals surface area contributed by atoms with Gasteiger partial charge in [-0.2, -0.15) is 0 Å². The number of ether oxygens (including phenoxy) is 1. The van der Waals surface area contributed by atoms with Crippen LogP contribution in [0.1, 0.15) is 6.92 Å². The summed E-state index contributed by atoms with van der Waals surface area (Å²) in [5.41, 5.74) is 0. The van der Waals surface area contributed by atoms with Gasteiger partial charge in [0.05, 0.1) is 0 Å². The molecule has 0 aromatic heterocycles. The van der Waals surface area contributed by atoms with E-state index in [-0.39, 0.29) is 24.2 Å². The van der Waals surface area contributed by atoms with E-state index in [1.807, 2.05) is 0 Å². The van der Waals surface area contributed by atoms with Crippen LogP contribution in [0.5, 0.6) is 5.75 Å². The Morgan fingerprint density at radius 1 is 1.14 bits per heavy atom. The maximum atomic E-state index is 13.3. The van der Waals surface area contributed by atoms with Gasteiger partial charge in [0.2, 0.25) is 5.91 Å². The Labute approximate surface area is 121 Å². The second-order valence-electron chi connectivity index (χ2n) is 4.75. The van der Waals surface area contributed by atoms with Crippen molar-refractivity contribution < 1.29 is 23.1 Å². The third kappa shape index (κ3) is 3.90. The number of benzene rings is 1. The zero-order valence-corrected chi connectivity index (χ0v) is 11.6. The molecule has 7 heteroatoms. The Morgan fingerprint density at radius 2 is 1.76 bits per heavy atom. The van der Waals surface area contributed by atoms with Gasteiger partial charge < -0.3 is 14.5 Å². The Bertz CT molecular complexity index is 543. The van der Waals surface area contributed by atoms with E-state index in [0.29, 0.717) is 32.2 Å². The molecule has 0 saturated carbocycles. The molecule has 0 atom stereocenters. The highest BCUT2D eigenvalue weighted by Crippen LogP contribution is 2.17. The summed E-state index contributed by atoms with van der Waals surface area (Å²) in [5.74, 6) is -2.02. The van der Waals surface area contributed by atoms with Crippen LogP contribution in [0.15, 0.2) is 18.2 Å². The largest absolute Gasteiger partial charge is 0.481 e. The molecule has 0 spiro atoms. The van der Waals surface area contributed by atoms with E-state index in [2.05, 4.69) is 0 Å². The molecule has 1 aliphatic heterocycles. The van der Waals surface area contributed by atoms with Crippen molar-refractivity contribution in [3.63, 3.8) is 0 Å². The first-order valence-corrected chi connectivity index (χ1v) is 6.58. The summed E-state index contributed by atoms with van der Waals surface area (Å²) in [6.45, 7) is 2.97. The van der Waals surface area contributed by atoms with Crippen LogP contribution in [0, 0.1) is 11.6 Å². The molecular formula is C14H16F2N2O3. The van der Waals surface area contributed by atoms with Gasteiger partial charge in [0, 0.05) is 39.2 Å². The molecule has 0 radical (unpaired) electrons. The van der Waals surface area contributed by atoms with Crippen molar-refractivity contribution in [3.05, 3.63) is 29.8 Å². The first kappa shape index (κ1) is 15.2. The van der Waals surface area contributed by atoms with E-state index >= 15 is 0 Å². The third-order valence-corrected chi connectivity index (χ3v) is 3.32. The number of amides is 2. The fourth-order valence-electron chi connectivity index (χ4n) is 2.09. The van der Waals surface area contributed by atoms with Gasteiger partial charge in [-0.3, -0.25) is 9.59 Å². The van der Waals surface area contributed by atoms with Gasteiger partial charge in [-0.1, -0.05) is 0 Å². The van der Waals surface area contributed by atoms with Crippen molar-refractivity contribution in [2.24, 2.45) is 0 Å². The number of hydrogen-bond donors (Lipinski definition) is 0. The molecular weight excluding hydrogens is 282 g/mol. The summed E-state index contributed by atoms with van der Waals surface area (Å²) in [7, 11) is 0. The number of nitrogens with zero attached hydrogens (tertiary/aromatic N) is 2. The van der Waals surface area contributed by atoms with Gasteiger partial charge in [-0.05, 0) is 12.1 Å². The van der Waals surface area contributed by atoms with Crippen LogP contribution >= 0.6 is 0 Å². The highest BCUT2D eigenvalue weighted by Gasteiger charge is 2.22. The molecule has 1 aromatic carbocycles. The Kier molecular flexibility index (Phi) is 4.72. The number of halogens is 2. The lowest BCUT2D eigenvalue weighted by Crippen LogP contribution is -2.51. The van der Waals surface area contributed by atoms with E-state index in [9.17, 15) is 18.4 Å². The smallest absolute Gasteiger partial charge is 0.260 e. The molecule has 1 heterocycles. The second kappa shape index (κ2) is 6.51. The molecule has 0 bridgehead atoms. The molecule has 1 fully saturated rings. The summed E-state index contributed by atoms with van der Waals surface area (Å²) < 4.78 is 31.2. The average Bonchev–Trinajstić information content (AvgIpc) is 2.46. The van der Waals surface area contributed by atoms with Crippen molar-refractivity contribution in [1.29, 1.82) is 0 Å². The summed E-state index contributed by atoms with van der Waals surface area (Å²) in [6, 6.07) is 2.91. The quantitative estimate of drug-likeness (QED) is 0.837. The Balaban J connectivity index is 1.84. The van der Waals surface area contributed by atoms with Gasteiger partial charge in [0.15, 0.2) is 18.2 Å². The van der Waals surface area contributed by atoms with Crippen LogP contribution in [0.25, 0.3) is 0 Å². The fraction of sp³-hybridized carbons (Fsp3) is 0.429. The number of rotatable bonds is 3. The molecule has 0 unspecified atom stereocenters. The molecule has 114 valence electrons. The van der Waals surface area contributed by atoms with E-state index < -0.39 is 11.6 Å². The van der Waals surface area contributed by atoms with Gasteiger partial charge in [0.1, 0.15) is 5.82 Å². The zero-order chi connectivity index (χ0) is 15.4.